The fourth-order valence-corrected chi connectivity index (χ4v) is 3.36. The van der Waals surface area contributed by atoms with Gasteiger partial charge in [-0.25, -0.2) is 0 Å². The predicted molar refractivity (Wildman–Crippen MR) is 81.8 cm³/mol. The topological polar surface area (TPSA) is 35.5 Å². The van der Waals surface area contributed by atoms with E-state index in [2.05, 4.69) is 34.6 Å². The predicted octanol–water partition coefficient (Wildman–Crippen LogP) is 4.15. The van der Waals surface area contributed by atoms with E-state index in [1.54, 1.807) is 0 Å². The fraction of sp³-hybridized carbons (Fsp3) is 0.938. The molecule has 2 rings (SSSR count). The SMILES string of the molecule is CCCC[C@@]1(B2OC(C)(C)C(C)(C)O2)CCCC(=O)C1. The molecule has 0 unspecified atom stereocenters. The molecule has 0 radical (unpaired) electrons. The van der Waals surface area contributed by atoms with Crippen molar-refractivity contribution in [2.24, 2.45) is 0 Å². The van der Waals surface area contributed by atoms with Gasteiger partial charge in [-0.2, -0.15) is 0 Å². The van der Waals surface area contributed by atoms with Crippen LogP contribution in [0.15, 0.2) is 0 Å². The second-order valence-electron chi connectivity index (χ2n) is 7.62. The molecule has 20 heavy (non-hydrogen) atoms. The summed E-state index contributed by atoms with van der Waals surface area (Å²) in [5.41, 5.74) is -0.616. The zero-order valence-corrected chi connectivity index (χ0v) is 13.8. The molecule has 114 valence electrons. The number of unbranched alkanes of at least 4 members (excludes halogenated alkanes) is 1. The van der Waals surface area contributed by atoms with Gasteiger partial charge in [-0.3, -0.25) is 4.79 Å². The van der Waals surface area contributed by atoms with Crippen molar-refractivity contribution in [3.8, 4) is 0 Å². The van der Waals surface area contributed by atoms with E-state index in [0.717, 1.165) is 38.5 Å². The lowest BCUT2D eigenvalue weighted by Crippen LogP contribution is -2.41. The molecule has 0 N–H and O–H groups in total. The van der Waals surface area contributed by atoms with Crippen molar-refractivity contribution in [3.63, 3.8) is 0 Å². The van der Waals surface area contributed by atoms with Gasteiger partial charge in [0.25, 0.3) is 0 Å². The second-order valence-corrected chi connectivity index (χ2v) is 7.62. The van der Waals surface area contributed by atoms with Crippen LogP contribution < -0.4 is 0 Å². The standard InChI is InChI=1S/C16H29BO3/c1-6-7-10-16(11-8-9-13(18)12-16)17-19-14(2,3)15(4,5)20-17/h6-12H2,1-5H3/t16-/m1/s1. The highest BCUT2D eigenvalue weighted by Gasteiger charge is 2.59. The zero-order valence-electron chi connectivity index (χ0n) is 13.8. The van der Waals surface area contributed by atoms with Crippen LogP contribution >= 0.6 is 0 Å². The molecule has 2 fully saturated rings. The lowest BCUT2D eigenvalue weighted by Gasteiger charge is -2.38. The van der Waals surface area contributed by atoms with Gasteiger partial charge in [-0.15, -0.1) is 0 Å². The summed E-state index contributed by atoms with van der Waals surface area (Å²) in [5, 5.41) is -0.101. The van der Waals surface area contributed by atoms with Gasteiger partial charge in [0.15, 0.2) is 0 Å². The molecule has 1 saturated carbocycles. The largest absolute Gasteiger partial charge is 0.464 e. The molecule has 2 aliphatic rings. The summed E-state index contributed by atoms with van der Waals surface area (Å²) >= 11 is 0. The summed E-state index contributed by atoms with van der Waals surface area (Å²) in [4.78, 5) is 12.0. The molecule has 0 spiro atoms. The van der Waals surface area contributed by atoms with Crippen LogP contribution in [0.2, 0.25) is 5.31 Å². The highest BCUT2D eigenvalue weighted by atomic mass is 16.7. The van der Waals surface area contributed by atoms with Crippen molar-refractivity contribution in [1.29, 1.82) is 0 Å². The molecular formula is C16H29BO3. The van der Waals surface area contributed by atoms with Crippen LogP contribution in [-0.4, -0.2) is 24.1 Å². The molecular weight excluding hydrogens is 251 g/mol. The minimum atomic E-state index is -0.308. The van der Waals surface area contributed by atoms with Crippen LogP contribution in [0.4, 0.5) is 0 Å². The zero-order chi connectivity index (χ0) is 15.0. The Morgan fingerprint density at radius 2 is 1.75 bits per heavy atom. The Kier molecular flexibility index (Phi) is 4.37. The van der Waals surface area contributed by atoms with Gasteiger partial charge >= 0.3 is 7.12 Å². The Labute approximate surface area is 123 Å². The van der Waals surface area contributed by atoms with Gasteiger partial charge < -0.3 is 9.31 Å². The monoisotopic (exact) mass is 280 g/mol. The van der Waals surface area contributed by atoms with Gasteiger partial charge in [0.2, 0.25) is 0 Å². The maximum absolute atomic E-state index is 12.0. The Hall–Kier alpha value is -0.345. The maximum Gasteiger partial charge on any atom is 0.464 e. The lowest BCUT2D eigenvalue weighted by molar-refractivity contribution is -0.121. The first-order valence-electron chi connectivity index (χ1n) is 8.10. The van der Waals surface area contributed by atoms with E-state index in [1.165, 1.54) is 0 Å². The number of hydrogen-bond acceptors (Lipinski definition) is 3. The number of Topliss-reactive ketones (excluding diaryl/α,β-unsaturated/α-hetero) is 1. The number of carbonyl (C=O) groups excluding carboxylic acids is 1. The molecule has 1 saturated heterocycles. The number of hydrogen-bond donors (Lipinski definition) is 0. The van der Waals surface area contributed by atoms with Crippen molar-refractivity contribution in [2.45, 2.75) is 96.1 Å². The average Bonchev–Trinajstić information content (AvgIpc) is 2.56. The molecule has 1 heterocycles. The quantitative estimate of drug-likeness (QED) is 0.725. The van der Waals surface area contributed by atoms with Crippen LogP contribution in [0.5, 0.6) is 0 Å². The molecule has 1 aliphatic carbocycles. The van der Waals surface area contributed by atoms with Crippen molar-refractivity contribution in [1.82, 2.24) is 0 Å². The van der Waals surface area contributed by atoms with E-state index in [-0.39, 0.29) is 23.6 Å². The van der Waals surface area contributed by atoms with Crippen LogP contribution in [0, 0.1) is 0 Å². The summed E-state index contributed by atoms with van der Waals surface area (Å²) in [5.74, 6) is 0.377. The van der Waals surface area contributed by atoms with E-state index in [4.69, 9.17) is 9.31 Å². The molecule has 4 heteroatoms. The number of carbonyl (C=O) groups is 1. The van der Waals surface area contributed by atoms with Crippen LogP contribution in [0.1, 0.15) is 79.6 Å². The Balaban J connectivity index is 2.22. The van der Waals surface area contributed by atoms with Crippen molar-refractivity contribution in [3.05, 3.63) is 0 Å². The molecule has 3 nitrogen and oxygen atoms in total. The molecule has 0 aromatic carbocycles. The first-order valence-corrected chi connectivity index (χ1v) is 8.10. The van der Waals surface area contributed by atoms with E-state index in [1.807, 2.05) is 0 Å². The number of rotatable bonds is 4. The molecule has 0 aromatic heterocycles. The van der Waals surface area contributed by atoms with E-state index >= 15 is 0 Å². The summed E-state index contributed by atoms with van der Waals surface area (Å²) in [7, 11) is -0.233. The first kappa shape index (κ1) is 16.0. The Morgan fingerprint density at radius 3 is 2.25 bits per heavy atom. The highest BCUT2D eigenvalue weighted by molar-refractivity contribution is 6.50. The Morgan fingerprint density at radius 1 is 1.15 bits per heavy atom. The lowest BCUT2D eigenvalue weighted by atomic mass is 9.49. The van der Waals surface area contributed by atoms with Crippen LogP contribution in [0.3, 0.4) is 0 Å². The van der Waals surface area contributed by atoms with E-state index in [0.29, 0.717) is 12.2 Å². The van der Waals surface area contributed by atoms with Crippen molar-refractivity contribution in [2.75, 3.05) is 0 Å². The molecule has 0 bridgehead atoms. The second kappa shape index (κ2) is 5.45. The summed E-state index contributed by atoms with van der Waals surface area (Å²) in [6, 6.07) is 0. The number of ketones is 1. The van der Waals surface area contributed by atoms with Gasteiger partial charge in [-0.05, 0) is 47.0 Å². The van der Waals surface area contributed by atoms with Gasteiger partial charge in [0.1, 0.15) is 5.78 Å². The smallest absolute Gasteiger partial charge is 0.403 e. The first-order chi connectivity index (χ1) is 9.22. The van der Waals surface area contributed by atoms with Crippen molar-refractivity contribution < 1.29 is 14.1 Å². The minimum absolute atomic E-state index is 0.101. The third kappa shape index (κ3) is 2.82. The normalized spacial score (nSPS) is 32.6. The third-order valence-corrected chi connectivity index (χ3v) is 5.46. The van der Waals surface area contributed by atoms with Crippen molar-refractivity contribution >= 4 is 12.9 Å². The maximum atomic E-state index is 12.0. The molecule has 0 aromatic rings. The molecule has 1 atom stereocenters. The summed E-state index contributed by atoms with van der Waals surface area (Å²) < 4.78 is 12.6. The van der Waals surface area contributed by atoms with Crippen LogP contribution in [0.25, 0.3) is 0 Å². The van der Waals surface area contributed by atoms with Crippen LogP contribution in [-0.2, 0) is 14.1 Å². The van der Waals surface area contributed by atoms with Gasteiger partial charge in [0.05, 0.1) is 11.2 Å². The summed E-state index contributed by atoms with van der Waals surface area (Å²) in [6.07, 6.45) is 6.71. The third-order valence-electron chi connectivity index (χ3n) is 5.46. The highest BCUT2D eigenvalue weighted by Crippen LogP contribution is 2.54. The van der Waals surface area contributed by atoms with Gasteiger partial charge in [-0.1, -0.05) is 19.8 Å². The Bertz CT molecular complexity index is 362. The van der Waals surface area contributed by atoms with E-state index in [9.17, 15) is 4.79 Å². The van der Waals surface area contributed by atoms with Gasteiger partial charge in [0, 0.05) is 18.2 Å². The summed E-state index contributed by atoms with van der Waals surface area (Å²) in [6.45, 7) is 10.6. The fourth-order valence-electron chi connectivity index (χ4n) is 3.36. The average molecular weight is 280 g/mol. The minimum Gasteiger partial charge on any atom is -0.403 e. The molecule has 0 amide bonds. The van der Waals surface area contributed by atoms with E-state index < -0.39 is 0 Å². The molecule has 1 aliphatic heterocycles.